The van der Waals surface area contributed by atoms with Gasteiger partial charge in [-0.05, 0) is 36.6 Å². The Kier molecular flexibility index (Phi) is 4.53. The van der Waals surface area contributed by atoms with E-state index >= 15 is 0 Å². The molecule has 100 valence electrons. The van der Waals surface area contributed by atoms with E-state index in [0.717, 1.165) is 30.5 Å². The number of nitrogens with zero attached hydrogens (tertiary/aromatic N) is 2. The van der Waals surface area contributed by atoms with Crippen molar-refractivity contribution in [2.45, 2.75) is 20.3 Å². The van der Waals surface area contributed by atoms with Crippen molar-refractivity contribution in [2.24, 2.45) is 11.8 Å². The van der Waals surface area contributed by atoms with Crippen molar-refractivity contribution in [1.29, 1.82) is 5.26 Å². The molecule has 0 saturated heterocycles. The molecule has 1 heterocycles. The van der Waals surface area contributed by atoms with E-state index in [9.17, 15) is 0 Å². The van der Waals surface area contributed by atoms with Gasteiger partial charge in [0.15, 0.2) is 0 Å². The summed E-state index contributed by atoms with van der Waals surface area (Å²) in [5.74, 6) is 0.494. The molecule has 2 N–H and O–H groups in total. The molecule has 0 aliphatic rings. The second-order valence-electron chi connectivity index (χ2n) is 5.19. The van der Waals surface area contributed by atoms with Crippen molar-refractivity contribution in [1.82, 2.24) is 15.3 Å². The number of hydrogen-bond donors (Lipinski definition) is 2. The molecule has 19 heavy (non-hydrogen) atoms. The van der Waals surface area contributed by atoms with Crippen LogP contribution in [0.1, 0.15) is 19.4 Å². The average molecular weight is 256 g/mol. The Morgan fingerprint density at radius 2 is 2.26 bits per heavy atom. The molecule has 0 spiro atoms. The van der Waals surface area contributed by atoms with Crippen molar-refractivity contribution in [3.63, 3.8) is 0 Å². The molecule has 2 aromatic rings. The van der Waals surface area contributed by atoms with Gasteiger partial charge in [0, 0.05) is 6.54 Å². The highest BCUT2D eigenvalue weighted by molar-refractivity contribution is 5.75. The normalized spacial score (nSPS) is 12.7. The highest BCUT2D eigenvalue weighted by atomic mass is 14.9. The maximum absolute atomic E-state index is 9.01. The van der Waals surface area contributed by atoms with E-state index in [1.54, 1.807) is 6.33 Å². The Morgan fingerprint density at radius 3 is 3.00 bits per heavy atom. The Balaban J connectivity index is 1.81. The number of nitriles is 1. The number of nitrogens with one attached hydrogen (secondary N) is 2. The number of hydrogen-bond acceptors (Lipinski definition) is 3. The van der Waals surface area contributed by atoms with Crippen LogP contribution in [-0.2, 0) is 6.42 Å². The lowest BCUT2D eigenvalue weighted by Gasteiger charge is -2.13. The molecule has 0 radical (unpaired) electrons. The minimum Gasteiger partial charge on any atom is -0.345 e. The summed E-state index contributed by atoms with van der Waals surface area (Å²) in [5.41, 5.74) is 3.36. The molecule has 4 nitrogen and oxygen atoms in total. The fourth-order valence-electron chi connectivity index (χ4n) is 2.06. The third-order valence-electron chi connectivity index (χ3n) is 3.41. The van der Waals surface area contributed by atoms with E-state index in [1.807, 2.05) is 6.07 Å². The molecule has 0 fully saturated rings. The molecular weight excluding hydrogens is 236 g/mol. The smallest absolute Gasteiger partial charge is 0.0931 e. The lowest BCUT2D eigenvalue weighted by molar-refractivity contribution is 0.444. The van der Waals surface area contributed by atoms with Gasteiger partial charge in [0.1, 0.15) is 0 Å². The van der Waals surface area contributed by atoms with Gasteiger partial charge in [-0.25, -0.2) is 4.98 Å². The third-order valence-corrected chi connectivity index (χ3v) is 3.41. The van der Waals surface area contributed by atoms with Gasteiger partial charge in [-0.1, -0.05) is 19.9 Å². The summed E-state index contributed by atoms with van der Waals surface area (Å²) < 4.78 is 0. The van der Waals surface area contributed by atoms with Crippen LogP contribution in [-0.4, -0.2) is 23.1 Å². The summed E-state index contributed by atoms with van der Waals surface area (Å²) in [6.45, 7) is 5.83. The number of aromatic nitrogens is 2. The van der Waals surface area contributed by atoms with E-state index < -0.39 is 0 Å². The molecule has 4 heteroatoms. The summed E-state index contributed by atoms with van der Waals surface area (Å²) >= 11 is 0. The fraction of sp³-hybridized carbons (Fsp3) is 0.467. The molecule has 0 bridgehead atoms. The van der Waals surface area contributed by atoms with Crippen LogP contribution in [0.4, 0.5) is 0 Å². The van der Waals surface area contributed by atoms with Gasteiger partial charge in [0.2, 0.25) is 0 Å². The zero-order valence-corrected chi connectivity index (χ0v) is 11.5. The van der Waals surface area contributed by atoms with Crippen molar-refractivity contribution in [3.05, 3.63) is 30.1 Å². The van der Waals surface area contributed by atoms with Crippen molar-refractivity contribution >= 4 is 11.0 Å². The number of H-pyrrole nitrogens is 1. The van der Waals surface area contributed by atoms with Gasteiger partial charge >= 0.3 is 0 Å². The third kappa shape index (κ3) is 3.55. The van der Waals surface area contributed by atoms with Crippen LogP contribution in [0, 0.1) is 23.2 Å². The summed E-state index contributed by atoms with van der Waals surface area (Å²) in [4.78, 5) is 7.32. The van der Waals surface area contributed by atoms with Gasteiger partial charge in [-0.15, -0.1) is 0 Å². The van der Waals surface area contributed by atoms with E-state index in [-0.39, 0.29) is 5.92 Å². The zero-order valence-electron chi connectivity index (χ0n) is 11.5. The summed E-state index contributed by atoms with van der Waals surface area (Å²) in [6.07, 6.45) is 2.68. The molecule has 1 aromatic heterocycles. The highest BCUT2D eigenvalue weighted by Gasteiger charge is 2.10. The molecule has 0 amide bonds. The van der Waals surface area contributed by atoms with Crippen molar-refractivity contribution in [3.8, 4) is 6.07 Å². The Bertz CT molecular complexity index is 565. The van der Waals surface area contributed by atoms with Crippen LogP contribution in [0.15, 0.2) is 24.5 Å². The van der Waals surface area contributed by atoms with Crippen LogP contribution in [0.3, 0.4) is 0 Å². The van der Waals surface area contributed by atoms with Crippen LogP contribution in [0.25, 0.3) is 11.0 Å². The molecule has 2 rings (SSSR count). The second-order valence-corrected chi connectivity index (χ2v) is 5.19. The van der Waals surface area contributed by atoms with Gasteiger partial charge in [0.25, 0.3) is 0 Å². The molecule has 1 unspecified atom stereocenters. The summed E-state index contributed by atoms with van der Waals surface area (Å²) in [6, 6.07) is 8.62. The molecule has 0 saturated carbocycles. The fourth-order valence-corrected chi connectivity index (χ4v) is 2.06. The van der Waals surface area contributed by atoms with E-state index in [0.29, 0.717) is 5.92 Å². The number of rotatable bonds is 6. The standard InChI is InChI=1S/C15H20N4/c1-11(2)13(8-16)9-17-6-5-12-3-4-14-15(7-12)19-10-18-14/h3-4,7,10-11,13,17H,5-6,9H2,1-2H3,(H,18,19). The Morgan fingerprint density at radius 1 is 1.42 bits per heavy atom. The first kappa shape index (κ1) is 13.6. The Labute approximate surface area is 113 Å². The van der Waals surface area contributed by atoms with Crippen molar-refractivity contribution < 1.29 is 0 Å². The predicted molar refractivity (Wildman–Crippen MR) is 76.6 cm³/mol. The maximum Gasteiger partial charge on any atom is 0.0931 e. The molecule has 1 aromatic carbocycles. The van der Waals surface area contributed by atoms with Gasteiger partial charge in [-0.2, -0.15) is 5.26 Å². The zero-order chi connectivity index (χ0) is 13.7. The van der Waals surface area contributed by atoms with Gasteiger partial charge in [-0.3, -0.25) is 0 Å². The van der Waals surface area contributed by atoms with E-state index in [1.165, 1.54) is 5.56 Å². The number of imidazole rings is 1. The van der Waals surface area contributed by atoms with Crippen LogP contribution in [0.2, 0.25) is 0 Å². The maximum atomic E-state index is 9.01. The van der Waals surface area contributed by atoms with Crippen LogP contribution >= 0.6 is 0 Å². The number of fused-ring (bicyclic) bond motifs is 1. The van der Waals surface area contributed by atoms with E-state index in [2.05, 4.69) is 47.3 Å². The van der Waals surface area contributed by atoms with Gasteiger partial charge in [0.05, 0.1) is 29.3 Å². The topological polar surface area (TPSA) is 64.5 Å². The minimum absolute atomic E-state index is 0.0927. The molecular formula is C15H20N4. The first-order chi connectivity index (χ1) is 9.20. The first-order valence-electron chi connectivity index (χ1n) is 6.73. The lowest BCUT2D eigenvalue weighted by Crippen LogP contribution is -2.26. The monoisotopic (exact) mass is 256 g/mol. The molecule has 0 aliphatic heterocycles. The minimum atomic E-state index is 0.0927. The SMILES string of the molecule is CC(C)C(C#N)CNCCc1ccc2nc[nH]c2c1. The van der Waals surface area contributed by atoms with Crippen LogP contribution < -0.4 is 5.32 Å². The number of benzene rings is 1. The summed E-state index contributed by atoms with van der Waals surface area (Å²) in [7, 11) is 0. The largest absolute Gasteiger partial charge is 0.345 e. The Hall–Kier alpha value is -1.86. The lowest BCUT2D eigenvalue weighted by atomic mass is 9.97. The van der Waals surface area contributed by atoms with Crippen LogP contribution in [0.5, 0.6) is 0 Å². The average Bonchev–Trinajstić information content (AvgIpc) is 2.85. The predicted octanol–water partition coefficient (Wildman–Crippen LogP) is 2.49. The second kappa shape index (κ2) is 6.35. The number of aromatic amines is 1. The quantitative estimate of drug-likeness (QED) is 0.780. The summed E-state index contributed by atoms with van der Waals surface area (Å²) in [5, 5.41) is 12.4. The highest BCUT2D eigenvalue weighted by Crippen LogP contribution is 2.12. The molecule has 0 aliphatic carbocycles. The van der Waals surface area contributed by atoms with Crippen molar-refractivity contribution in [2.75, 3.05) is 13.1 Å². The first-order valence-corrected chi connectivity index (χ1v) is 6.73. The van der Waals surface area contributed by atoms with E-state index in [4.69, 9.17) is 5.26 Å². The van der Waals surface area contributed by atoms with Gasteiger partial charge < -0.3 is 10.3 Å². The molecule has 1 atom stereocenters.